The summed E-state index contributed by atoms with van der Waals surface area (Å²) in [7, 11) is 0. The lowest BCUT2D eigenvalue weighted by Gasteiger charge is -2.08. The number of benzene rings is 1. The summed E-state index contributed by atoms with van der Waals surface area (Å²) in [5, 5.41) is 0. The van der Waals surface area contributed by atoms with E-state index in [2.05, 4.69) is 6.07 Å². The Labute approximate surface area is 90.3 Å². The summed E-state index contributed by atoms with van der Waals surface area (Å²) < 4.78 is 5.56. The van der Waals surface area contributed by atoms with E-state index >= 15 is 0 Å². The van der Waals surface area contributed by atoms with E-state index in [0.29, 0.717) is 18.3 Å². The van der Waals surface area contributed by atoms with Gasteiger partial charge in [-0.25, -0.2) is 0 Å². The van der Waals surface area contributed by atoms with Crippen LogP contribution in [0.15, 0.2) is 24.3 Å². The molecule has 0 aliphatic heterocycles. The minimum Gasteiger partial charge on any atom is -0.494 e. The molecule has 0 aromatic heterocycles. The number of ether oxygens (including phenoxy) is 1. The lowest BCUT2D eigenvalue weighted by atomic mass is 10.1. The number of hydrogen-bond acceptors (Lipinski definition) is 2. The van der Waals surface area contributed by atoms with Crippen LogP contribution in [0.2, 0.25) is 0 Å². The molecule has 1 fully saturated rings. The summed E-state index contributed by atoms with van der Waals surface area (Å²) in [6.45, 7) is 4.33. The molecule has 0 N–H and O–H groups in total. The van der Waals surface area contributed by atoms with E-state index in [4.69, 9.17) is 4.74 Å². The Kier molecular flexibility index (Phi) is 2.76. The topological polar surface area (TPSA) is 26.3 Å². The van der Waals surface area contributed by atoms with Crippen LogP contribution in [0.1, 0.15) is 31.7 Å². The third-order valence-electron chi connectivity index (χ3n) is 2.93. The van der Waals surface area contributed by atoms with Crippen molar-refractivity contribution in [2.75, 3.05) is 6.61 Å². The zero-order valence-corrected chi connectivity index (χ0v) is 9.19. The summed E-state index contributed by atoms with van der Waals surface area (Å²) in [5.74, 6) is 1.86. The molecular formula is C13H16O2. The second kappa shape index (κ2) is 4.05. The van der Waals surface area contributed by atoms with Crippen molar-refractivity contribution in [3.8, 4) is 5.75 Å². The van der Waals surface area contributed by atoms with Gasteiger partial charge in [-0.15, -0.1) is 0 Å². The average molecular weight is 204 g/mol. The van der Waals surface area contributed by atoms with Crippen LogP contribution in [0.25, 0.3) is 0 Å². The van der Waals surface area contributed by atoms with Crippen LogP contribution in [0.5, 0.6) is 5.75 Å². The molecule has 1 aromatic carbocycles. The van der Waals surface area contributed by atoms with Gasteiger partial charge in [-0.2, -0.15) is 0 Å². The van der Waals surface area contributed by atoms with Crippen LogP contribution in [0.4, 0.5) is 0 Å². The summed E-state index contributed by atoms with van der Waals surface area (Å²) >= 11 is 0. The van der Waals surface area contributed by atoms with Gasteiger partial charge in [-0.1, -0.05) is 18.2 Å². The van der Waals surface area contributed by atoms with Crippen molar-refractivity contribution in [1.82, 2.24) is 0 Å². The number of ketones is 1. The quantitative estimate of drug-likeness (QED) is 0.753. The predicted molar refractivity (Wildman–Crippen MR) is 59.1 cm³/mol. The van der Waals surface area contributed by atoms with Gasteiger partial charge in [0, 0.05) is 5.92 Å². The Morgan fingerprint density at radius 3 is 2.80 bits per heavy atom. The Morgan fingerprint density at radius 2 is 2.20 bits per heavy atom. The Morgan fingerprint density at radius 1 is 1.47 bits per heavy atom. The molecule has 80 valence electrons. The van der Waals surface area contributed by atoms with Gasteiger partial charge in [-0.05, 0) is 37.8 Å². The first kappa shape index (κ1) is 10.2. The van der Waals surface area contributed by atoms with Crippen molar-refractivity contribution in [3.63, 3.8) is 0 Å². The molecule has 15 heavy (non-hydrogen) atoms. The van der Waals surface area contributed by atoms with E-state index in [1.165, 1.54) is 5.56 Å². The second-order valence-corrected chi connectivity index (χ2v) is 4.03. The van der Waals surface area contributed by atoms with Gasteiger partial charge < -0.3 is 4.74 Å². The molecule has 0 saturated heterocycles. The molecular weight excluding hydrogens is 188 g/mol. The molecule has 1 aromatic rings. The van der Waals surface area contributed by atoms with Crippen LogP contribution >= 0.6 is 0 Å². The smallest absolute Gasteiger partial charge is 0.133 e. The van der Waals surface area contributed by atoms with E-state index in [1.54, 1.807) is 6.92 Å². The van der Waals surface area contributed by atoms with Crippen molar-refractivity contribution >= 4 is 5.78 Å². The molecule has 1 saturated carbocycles. The minimum absolute atomic E-state index is 0.228. The zero-order chi connectivity index (χ0) is 10.8. The summed E-state index contributed by atoms with van der Waals surface area (Å²) in [5.41, 5.74) is 1.19. The summed E-state index contributed by atoms with van der Waals surface area (Å²) in [4.78, 5) is 11.2. The highest BCUT2D eigenvalue weighted by atomic mass is 16.5. The maximum atomic E-state index is 11.2. The molecule has 0 unspecified atom stereocenters. The summed E-state index contributed by atoms with van der Waals surface area (Å²) in [6.07, 6.45) is 0.986. The molecule has 0 heterocycles. The molecule has 0 radical (unpaired) electrons. The molecule has 1 aliphatic rings. The van der Waals surface area contributed by atoms with Gasteiger partial charge >= 0.3 is 0 Å². The zero-order valence-electron chi connectivity index (χ0n) is 9.19. The van der Waals surface area contributed by atoms with Crippen molar-refractivity contribution < 1.29 is 9.53 Å². The van der Waals surface area contributed by atoms with E-state index in [1.807, 2.05) is 25.1 Å². The number of Topliss-reactive ketones (excluding diaryl/α,β-unsaturated/α-hetero) is 1. The van der Waals surface area contributed by atoms with E-state index < -0.39 is 0 Å². The number of carbonyl (C=O) groups excluding carboxylic acids is 1. The minimum atomic E-state index is 0.228. The van der Waals surface area contributed by atoms with Crippen LogP contribution in [0, 0.1) is 5.92 Å². The Bertz CT molecular complexity index is 371. The average Bonchev–Trinajstić information content (AvgIpc) is 2.99. The molecule has 2 rings (SSSR count). The highest BCUT2D eigenvalue weighted by molar-refractivity contribution is 5.82. The fourth-order valence-electron chi connectivity index (χ4n) is 2.06. The van der Waals surface area contributed by atoms with Gasteiger partial charge in [0.15, 0.2) is 0 Å². The van der Waals surface area contributed by atoms with Gasteiger partial charge in [0.1, 0.15) is 11.5 Å². The fourth-order valence-corrected chi connectivity index (χ4v) is 2.06. The first-order valence-electron chi connectivity index (χ1n) is 5.46. The lowest BCUT2D eigenvalue weighted by Crippen LogP contribution is -1.98. The monoisotopic (exact) mass is 204 g/mol. The molecule has 0 amide bonds. The Hall–Kier alpha value is -1.31. The fraction of sp³-hybridized carbons (Fsp3) is 0.462. The molecule has 0 spiro atoms. The third-order valence-corrected chi connectivity index (χ3v) is 2.93. The molecule has 2 heteroatoms. The van der Waals surface area contributed by atoms with Gasteiger partial charge in [-0.3, -0.25) is 4.79 Å². The maximum Gasteiger partial charge on any atom is 0.133 e. The number of hydrogen-bond donors (Lipinski definition) is 0. The molecule has 0 bridgehead atoms. The molecule has 2 nitrogen and oxygen atoms in total. The lowest BCUT2D eigenvalue weighted by molar-refractivity contribution is -0.118. The van der Waals surface area contributed by atoms with E-state index in [0.717, 1.165) is 12.2 Å². The van der Waals surface area contributed by atoms with Crippen LogP contribution < -0.4 is 4.74 Å². The van der Waals surface area contributed by atoms with Crippen molar-refractivity contribution in [2.24, 2.45) is 5.92 Å². The van der Waals surface area contributed by atoms with Crippen molar-refractivity contribution in [3.05, 3.63) is 29.8 Å². The van der Waals surface area contributed by atoms with Crippen LogP contribution in [-0.4, -0.2) is 12.4 Å². The van der Waals surface area contributed by atoms with Crippen LogP contribution in [0.3, 0.4) is 0 Å². The van der Waals surface area contributed by atoms with Crippen LogP contribution in [-0.2, 0) is 4.79 Å². The van der Waals surface area contributed by atoms with Crippen molar-refractivity contribution in [2.45, 2.75) is 26.2 Å². The first-order chi connectivity index (χ1) is 7.24. The predicted octanol–water partition coefficient (Wildman–Crippen LogP) is 2.78. The van der Waals surface area contributed by atoms with E-state index in [-0.39, 0.29) is 5.92 Å². The standard InChI is InChI=1S/C13H16O2/c1-3-15-13-7-5-4-6-10(13)12-8-11(12)9(2)14/h4-7,11-12H,3,8H2,1-2H3/t11-,12-/m1/s1. The highest BCUT2D eigenvalue weighted by Gasteiger charge is 2.43. The molecule has 1 aliphatic carbocycles. The van der Waals surface area contributed by atoms with Gasteiger partial charge in [0.2, 0.25) is 0 Å². The normalized spacial score (nSPS) is 23.6. The maximum absolute atomic E-state index is 11.2. The number of para-hydroxylation sites is 1. The van der Waals surface area contributed by atoms with Crippen molar-refractivity contribution in [1.29, 1.82) is 0 Å². The largest absolute Gasteiger partial charge is 0.494 e. The number of carbonyl (C=O) groups is 1. The highest BCUT2D eigenvalue weighted by Crippen LogP contribution is 2.50. The Balaban J connectivity index is 2.18. The number of rotatable bonds is 4. The SMILES string of the molecule is CCOc1ccccc1[C@H]1C[C@@H]1C(C)=O. The van der Waals surface area contributed by atoms with E-state index in [9.17, 15) is 4.79 Å². The molecule has 2 atom stereocenters. The first-order valence-corrected chi connectivity index (χ1v) is 5.46. The second-order valence-electron chi connectivity index (χ2n) is 4.03. The van der Waals surface area contributed by atoms with Gasteiger partial charge in [0.05, 0.1) is 6.61 Å². The third kappa shape index (κ3) is 2.04. The van der Waals surface area contributed by atoms with Gasteiger partial charge in [0.25, 0.3) is 0 Å². The summed E-state index contributed by atoms with van der Waals surface area (Å²) in [6, 6.07) is 8.03.